The lowest BCUT2D eigenvalue weighted by Gasteiger charge is -2.04. The van der Waals surface area contributed by atoms with E-state index in [4.69, 9.17) is 11.6 Å². The van der Waals surface area contributed by atoms with Crippen LogP contribution in [-0.2, 0) is 0 Å². The summed E-state index contributed by atoms with van der Waals surface area (Å²) in [5, 5.41) is 21.6. The number of phenols is 1. The molecule has 6 heteroatoms. The molecule has 5 nitrogen and oxygen atoms in total. The zero-order valence-corrected chi connectivity index (χ0v) is 10.4. The SMILES string of the molecule is C/C(=N\Nc1ccc(Cl)nn1)c1ccccc1O. The highest BCUT2D eigenvalue weighted by atomic mass is 35.5. The molecule has 0 bridgehead atoms. The highest BCUT2D eigenvalue weighted by molar-refractivity contribution is 6.29. The number of rotatable bonds is 3. The molecule has 0 fully saturated rings. The van der Waals surface area contributed by atoms with Gasteiger partial charge in [-0.1, -0.05) is 23.7 Å². The maximum Gasteiger partial charge on any atom is 0.168 e. The third-order valence-electron chi connectivity index (χ3n) is 2.26. The Hall–Kier alpha value is -2.14. The van der Waals surface area contributed by atoms with Crippen LogP contribution in [0.15, 0.2) is 41.5 Å². The van der Waals surface area contributed by atoms with Crippen LogP contribution < -0.4 is 5.43 Å². The van der Waals surface area contributed by atoms with E-state index in [0.717, 1.165) is 0 Å². The fourth-order valence-electron chi connectivity index (χ4n) is 1.36. The lowest BCUT2D eigenvalue weighted by atomic mass is 10.1. The Bertz CT molecular complexity index is 569. The molecule has 0 spiro atoms. The van der Waals surface area contributed by atoms with E-state index in [1.165, 1.54) is 0 Å². The van der Waals surface area contributed by atoms with Gasteiger partial charge in [-0.2, -0.15) is 5.10 Å². The number of benzene rings is 1. The molecule has 0 saturated heterocycles. The van der Waals surface area contributed by atoms with E-state index in [1.807, 2.05) is 6.07 Å². The Morgan fingerprint density at radius 1 is 1.22 bits per heavy atom. The molecule has 0 atom stereocenters. The number of halogens is 1. The highest BCUT2D eigenvalue weighted by Crippen LogP contribution is 2.16. The molecule has 0 radical (unpaired) electrons. The van der Waals surface area contributed by atoms with Gasteiger partial charge in [0.25, 0.3) is 0 Å². The zero-order chi connectivity index (χ0) is 13.0. The van der Waals surface area contributed by atoms with Gasteiger partial charge >= 0.3 is 0 Å². The lowest BCUT2D eigenvalue weighted by molar-refractivity contribution is 0.474. The van der Waals surface area contributed by atoms with Crippen LogP contribution in [0.5, 0.6) is 5.75 Å². The van der Waals surface area contributed by atoms with Gasteiger partial charge in [-0.3, -0.25) is 5.43 Å². The normalized spacial score (nSPS) is 11.3. The van der Waals surface area contributed by atoms with Crippen molar-refractivity contribution in [1.82, 2.24) is 10.2 Å². The van der Waals surface area contributed by atoms with Gasteiger partial charge in [-0.05, 0) is 31.2 Å². The summed E-state index contributed by atoms with van der Waals surface area (Å²) in [7, 11) is 0. The molecule has 0 aliphatic rings. The summed E-state index contributed by atoms with van der Waals surface area (Å²) in [6, 6.07) is 10.2. The van der Waals surface area contributed by atoms with Crippen molar-refractivity contribution in [3.8, 4) is 5.75 Å². The van der Waals surface area contributed by atoms with Gasteiger partial charge in [0.15, 0.2) is 11.0 Å². The van der Waals surface area contributed by atoms with E-state index in [0.29, 0.717) is 22.2 Å². The third-order valence-corrected chi connectivity index (χ3v) is 2.47. The van der Waals surface area contributed by atoms with Gasteiger partial charge in [0, 0.05) is 5.56 Å². The largest absolute Gasteiger partial charge is 0.507 e. The Morgan fingerprint density at radius 2 is 2.00 bits per heavy atom. The van der Waals surface area contributed by atoms with Crippen molar-refractivity contribution in [2.45, 2.75) is 6.92 Å². The standard InChI is InChI=1S/C12H11ClN4O/c1-8(9-4-2-3-5-10(9)18)14-16-12-7-6-11(13)15-17-12/h2-7,18H,1H3,(H,16,17)/b14-8+. The number of nitrogens with one attached hydrogen (secondary N) is 1. The Labute approximate surface area is 109 Å². The monoisotopic (exact) mass is 262 g/mol. The molecule has 92 valence electrons. The summed E-state index contributed by atoms with van der Waals surface area (Å²) < 4.78 is 0. The lowest BCUT2D eigenvalue weighted by Crippen LogP contribution is -2.01. The van der Waals surface area contributed by atoms with Crippen LogP contribution in [0.25, 0.3) is 0 Å². The minimum Gasteiger partial charge on any atom is -0.507 e. The Balaban J connectivity index is 2.14. The number of hydrazone groups is 1. The average Bonchev–Trinajstić information content (AvgIpc) is 2.38. The van der Waals surface area contributed by atoms with Crippen molar-refractivity contribution in [2.75, 3.05) is 5.43 Å². The maximum atomic E-state index is 9.66. The van der Waals surface area contributed by atoms with Crippen molar-refractivity contribution in [1.29, 1.82) is 0 Å². The highest BCUT2D eigenvalue weighted by Gasteiger charge is 2.03. The van der Waals surface area contributed by atoms with Crippen LogP contribution in [0.2, 0.25) is 5.15 Å². The Kier molecular flexibility index (Phi) is 3.74. The molecule has 2 N–H and O–H groups in total. The number of aromatic hydroxyl groups is 1. The second-order valence-electron chi connectivity index (χ2n) is 3.57. The molecule has 0 aliphatic carbocycles. The molecule has 1 heterocycles. The first kappa shape index (κ1) is 12.3. The molecule has 1 aromatic heterocycles. The molecule has 0 unspecified atom stereocenters. The van der Waals surface area contributed by atoms with Crippen molar-refractivity contribution in [3.05, 3.63) is 47.1 Å². The van der Waals surface area contributed by atoms with Crippen LogP contribution in [0.3, 0.4) is 0 Å². The zero-order valence-electron chi connectivity index (χ0n) is 9.63. The van der Waals surface area contributed by atoms with Crippen LogP contribution >= 0.6 is 11.6 Å². The molecule has 2 rings (SSSR count). The third kappa shape index (κ3) is 2.95. The van der Waals surface area contributed by atoms with Gasteiger partial charge in [0.1, 0.15) is 5.75 Å². The van der Waals surface area contributed by atoms with Gasteiger partial charge < -0.3 is 5.11 Å². The van der Waals surface area contributed by atoms with E-state index in [2.05, 4.69) is 20.7 Å². The molecule has 2 aromatic rings. The van der Waals surface area contributed by atoms with Gasteiger partial charge in [-0.25, -0.2) is 0 Å². The van der Waals surface area contributed by atoms with Crippen molar-refractivity contribution in [2.24, 2.45) is 5.10 Å². The summed E-state index contributed by atoms with van der Waals surface area (Å²) >= 11 is 5.62. The number of phenolic OH excluding ortho intramolecular Hbond substituents is 1. The van der Waals surface area contributed by atoms with E-state index >= 15 is 0 Å². The van der Waals surface area contributed by atoms with Crippen molar-refractivity contribution < 1.29 is 5.11 Å². The second kappa shape index (κ2) is 5.46. The number of hydrogen-bond acceptors (Lipinski definition) is 5. The van der Waals surface area contributed by atoms with Crippen LogP contribution in [0.1, 0.15) is 12.5 Å². The summed E-state index contributed by atoms with van der Waals surface area (Å²) in [6.45, 7) is 1.78. The van der Waals surface area contributed by atoms with E-state index in [1.54, 1.807) is 37.3 Å². The fourth-order valence-corrected chi connectivity index (χ4v) is 1.46. The molecule has 0 aliphatic heterocycles. The van der Waals surface area contributed by atoms with Crippen LogP contribution in [0, 0.1) is 0 Å². The second-order valence-corrected chi connectivity index (χ2v) is 3.95. The summed E-state index contributed by atoms with van der Waals surface area (Å²) in [6.07, 6.45) is 0. The average molecular weight is 263 g/mol. The topological polar surface area (TPSA) is 70.4 Å². The van der Waals surface area contributed by atoms with Gasteiger partial charge in [-0.15, -0.1) is 10.2 Å². The summed E-state index contributed by atoms with van der Waals surface area (Å²) in [5.74, 6) is 0.664. The molecular weight excluding hydrogens is 252 g/mol. The van der Waals surface area contributed by atoms with Crippen molar-refractivity contribution in [3.63, 3.8) is 0 Å². The number of aromatic nitrogens is 2. The Morgan fingerprint density at radius 3 is 2.67 bits per heavy atom. The predicted molar refractivity (Wildman–Crippen MR) is 71.0 cm³/mol. The maximum absolute atomic E-state index is 9.66. The number of para-hydroxylation sites is 1. The van der Waals surface area contributed by atoms with Crippen LogP contribution in [0.4, 0.5) is 5.82 Å². The molecule has 0 amide bonds. The molecule has 1 aromatic carbocycles. The minimum atomic E-state index is 0.183. The molecule has 0 saturated carbocycles. The number of anilines is 1. The van der Waals surface area contributed by atoms with E-state index in [9.17, 15) is 5.11 Å². The van der Waals surface area contributed by atoms with E-state index in [-0.39, 0.29) is 5.75 Å². The molecule has 18 heavy (non-hydrogen) atoms. The molecular formula is C12H11ClN4O. The quantitative estimate of drug-likeness (QED) is 0.659. The first-order valence-corrected chi connectivity index (χ1v) is 5.62. The first-order chi connectivity index (χ1) is 8.66. The number of nitrogens with zero attached hydrogens (tertiary/aromatic N) is 3. The summed E-state index contributed by atoms with van der Waals surface area (Å²) in [5.41, 5.74) is 4.04. The summed E-state index contributed by atoms with van der Waals surface area (Å²) in [4.78, 5) is 0. The van der Waals surface area contributed by atoms with Gasteiger partial charge in [0.2, 0.25) is 0 Å². The first-order valence-electron chi connectivity index (χ1n) is 5.25. The smallest absolute Gasteiger partial charge is 0.168 e. The van der Waals surface area contributed by atoms with E-state index < -0.39 is 0 Å². The fraction of sp³-hybridized carbons (Fsp3) is 0.0833. The van der Waals surface area contributed by atoms with Gasteiger partial charge in [0.05, 0.1) is 5.71 Å². The van der Waals surface area contributed by atoms with Crippen molar-refractivity contribution >= 4 is 23.1 Å². The minimum absolute atomic E-state index is 0.183. The number of hydrogen-bond donors (Lipinski definition) is 2. The van der Waals surface area contributed by atoms with Crippen LogP contribution in [-0.4, -0.2) is 21.0 Å². The predicted octanol–water partition coefficient (Wildman–Crippen LogP) is 2.67.